The van der Waals surface area contributed by atoms with Crippen molar-refractivity contribution in [1.29, 1.82) is 0 Å². The van der Waals surface area contributed by atoms with Gasteiger partial charge in [0.25, 0.3) is 0 Å². The molecule has 17 nitrogen and oxygen atoms in total. The highest BCUT2D eigenvalue weighted by molar-refractivity contribution is 7.34. The van der Waals surface area contributed by atoms with Gasteiger partial charge in [-0.1, -0.05) is 39.5 Å². The number of hydrogen-bond donors (Lipinski definition) is 0. The summed E-state index contributed by atoms with van der Waals surface area (Å²) in [6.45, 7) is 18.1. The molecule has 0 saturated heterocycles. The Morgan fingerprint density at radius 1 is 0.377 bits per heavy atom. The molecule has 0 N–H and O–H groups in total. The van der Waals surface area contributed by atoms with Crippen LogP contribution in [0.3, 0.4) is 0 Å². The average molecular weight is 995 g/mol. The van der Waals surface area contributed by atoms with Gasteiger partial charge in [-0.05, 0) is 29.8 Å². The first-order valence-corrected chi connectivity index (χ1v) is 22.6. The summed E-state index contributed by atoms with van der Waals surface area (Å²) >= 11 is 4.34. The van der Waals surface area contributed by atoms with Crippen molar-refractivity contribution in [2.24, 2.45) is 0 Å². The Labute approximate surface area is 403 Å². The zero-order chi connectivity index (χ0) is 49.2. The molecule has 4 aromatic carbocycles. The normalized spacial score (nSPS) is 10.8. The van der Waals surface area contributed by atoms with Crippen LogP contribution in [0.25, 0.3) is 60.5 Å². The van der Waals surface area contributed by atoms with Crippen LogP contribution in [-0.4, -0.2) is 76.4 Å². The molecular formula is C49H38O17S3. The Morgan fingerprint density at radius 2 is 0.652 bits per heavy atom. The third kappa shape index (κ3) is 10.8. The zero-order valence-corrected chi connectivity index (χ0v) is 38.7. The van der Waals surface area contributed by atoms with E-state index in [-0.39, 0.29) is 36.0 Å². The number of fused-ring (bicyclic) bond motifs is 12. The summed E-state index contributed by atoms with van der Waals surface area (Å²) in [6, 6.07) is 10.6. The molecule has 354 valence electrons. The van der Waals surface area contributed by atoms with Crippen LogP contribution in [0.2, 0.25) is 0 Å². The standard InChI is InChI=1S/C49H38O17S3/c1-7-38(50)56-14-13-26-15-35-27(16-30(26)57-21-62-39(51)8-2)44-47(67-35)45-28-17-31(58-22-63-40(52)9-3)33(60-24-65-42(54)11-5)19-36(28)69-49(45)46-29-18-32(59-23-64-41(53)10-4)34(20-37(29)68-48(44)46)61-25-66-43(55)12-6/h7-12,15-20H,1-6,13-14,21-25H2. The summed E-state index contributed by atoms with van der Waals surface area (Å²) < 4.78 is 65.5. The van der Waals surface area contributed by atoms with Gasteiger partial charge in [-0.2, -0.15) is 0 Å². The minimum absolute atomic E-state index is 0.0134. The van der Waals surface area contributed by atoms with E-state index in [1.807, 2.05) is 12.1 Å². The number of carbonyl (C=O) groups excluding carboxylic acids is 6. The molecular weight excluding hydrogens is 957 g/mol. The quantitative estimate of drug-likeness (QED) is 0.0239. The summed E-state index contributed by atoms with van der Waals surface area (Å²) in [5.41, 5.74) is 0.640. The molecule has 7 rings (SSSR count). The van der Waals surface area contributed by atoms with Crippen LogP contribution in [0, 0.1) is 0 Å². The Hall–Kier alpha value is -8.20. The summed E-state index contributed by atoms with van der Waals surface area (Å²) in [5, 5.41) is 4.53. The van der Waals surface area contributed by atoms with Crippen molar-refractivity contribution < 1.29 is 80.9 Å². The largest absolute Gasteiger partial charge is 0.462 e. The fraction of sp³-hybridized carbons (Fsp3) is 0.143. The number of rotatable bonds is 24. The van der Waals surface area contributed by atoms with E-state index in [9.17, 15) is 28.8 Å². The molecule has 0 fully saturated rings. The van der Waals surface area contributed by atoms with Crippen LogP contribution >= 0.6 is 34.0 Å². The highest BCUT2D eigenvalue weighted by atomic mass is 32.1. The van der Waals surface area contributed by atoms with Crippen LogP contribution in [0.15, 0.2) is 112 Å². The summed E-state index contributed by atoms with van der Waals surface area (Å²) in [5.74, 6) is -3.27. The average Bonchev–Trinajstić information content (AvgIpc) is 4.03. The number of thiophene rings is 3. The lowest BCUT2D eigenvalue weighted by Gasteiger charge is -2.13. The number of benzene rings is 4. The molecule has 3 aromatic heterocycles. The van der Waals surface area contributed by atoms with E-state index >= 15 is 0 Å². The Bertz CT molecular complexity index is 2910. The van der Waals surface area contributed by atoms with Crippen LogP contribution in [0.4, 0.5) is 0 Å². The number of carbonyl (C=O) groups is 6. The van der Waals surface area contributed by atoms with E-state index in [2.05, 4.69) is 39.5 Å². The number of esters is 6. The zero-order valence-electron chi connectivity index (χ0n) is 36.3. The molecule has 0 bridgehead atoms. The van der Waals surface area contributed by atoms with E-state index in [4.69, 9.17) is 52.1 Å². The molecule has 0 atom stereocenters. The van der Waals surface area contributed by atoms with Gasteiger partial charge < -0.3 is 52.1 Å². The smallest absolute Gasteiger partial charge is 0.333 e. The van der Waals surface area contributed by atoms with Gasteiger partial charge in [-0.25, -0.2) is 28.8 Å². The van der Waals surface area contributed by atoms with Gasteiger partial charge in [0.1, 0.15) is 5.75 Å². The Morgan fingerprint density at radius 3 is 0.986 bits per heavy atom. The van der Waals surface area contributed by atoms with E-state index in [0.717, 1.165) is 76.8 Å². The van der Waals surface area contributed by atoms with E-state index in [1.54, 1.807) is 24.3 Å². The van der Waals surface area contributed by atoms with Crippen LogP contribution in [0.1, 0.15) is 5.56 Å². The topological polar surface area (TPSA) is 204 Å². The lowest BCUT2D eigenvalue weighted by atomic mass is 10.0. The Kier molecular flexibility index (Phi) is 15.6. The van der Waals surface area contributed by atoms with Crippen molar-refractivity contribution in [3.63, 3.8) is 0 Å². The molecule has 0 aliphatic rings. The second-order valence-electron chi connectivity index (χ2n) is 13.7. The molecule has 0 aliphatic carbocycles. The third-order valence-corrected chi connectivity index (χ3v) is 13.3. The molecule has 0 radical (unpaired) electrons. The minimum Gasteiger partial charge on any atom is -0.462 e. The molecule has 7 aromatic rings. The maximum Gasteiger partial charge on any atom is 0.333 e. The first-order chi connectivity index (χ1) is 33.4. The van der Waals surface area contributed by atoms with Gasteiger partial charge >= 0.3 is 35.8 Å². The van der Waals surface area contributed by atoms with Gasteiger partial charge in [-0.15, -0.1) is 34.0 Å². The SMILES string of the molecule is C=CC(=O)OCCc1cc2sc3c(c2cc1OCOC(=O)C=C)c1sc2cc(OCOC(=O)C=C)c(OCOC(=O)C=C)cc2c1c1sc2cc(OCOC(=O)C=C)c(OCOC(=O)C=C)cc2c31. The predicted octanol–water partition coefficient (Wildman–Crippen LogP) is 9.39. The number of hydrogen-bond acceptors (Lipinski definition) is 20. The maximum absolute atomic E-state index is 12.0. The summed E-state index contributed by atoms with van der Waals surface area (Å²) in [6.07, 6.45) is 6.24. The summed E-state index contributed by atoms with van der Waals surface area (Å²) in [4.78, 5) is 71.9. The highest BCUT2D eigenvalue weighted by Crippen LogP contribution is 2.55. The van der Waals surface area contributed by atoms with E-state index < -0.39 is 69.8 Å². The third-order valence-electron chi connectivity index (χ3n) is 9.75. The monoisotopic (exact) mass is 994 g/mol. The molecule has 0 amide bonds. The van der Waals surface area contributed by atoms with E-state index in [0.29, 0.717) is 31.5 Å². The van der Waals surface area contributed by atoms with Crippen molar-refractivity contribution in [2.75, 3.05) is 40.6 Å². The predicted molar refractivity (Wildman–Crippen MR) is 259 cm³/mol. The van der Waals surface area contributed by atoms with Crippen LogP contribution in [0.5, 0.6) is 28.7 Å². The lowest BCUT2D eigenvalue weighted by molar-refractivity contribution is -0.146. The lowest BCUT2D eigenvalue weighted by Crippen LogP contribution is -2.10. The molecule has 0 aliphatic heterocycles. The van der Waals surface area contributed by atoms with Crippen molar-refractivity contribution in [2.45, 2.75) is 6.42 Å². The molecule has 0 unspecified atom stereocenters. The first-order valence-electron chi connectivity index (χ1n) is 20.1. The van der Waals surface area contributed by atoms with Gasteiger partial charge in [0.15, 0.2) is 23.0 Å². The van der Waals surface area contributed by atoms with Gasteiger partial charge in [-0.3, -0.25) is 0 Å². The number of ether oxygens (including phenoxy) is 11. The van der Waals surface area contributed by atoms with Crippen molar-refractivity contribution >= 4 is 130 Å². The van der Waals surface area contributed by atoms with Crippen molar-refractivity contribution in [3.05, 3.63) is 118 Å². The van der Waals surface area contributed by atoms with Crippen molar-refractivity contribution in [3.8, 4) is 28.7 Å². The first kappa shape index (κ1) is 48.7. The molecule has 3 heterocycles. The highest BCUT2D eigenvalue weighted by Gasteiger charge is 2.26. The maximum atomic E-state index is 12.0. The Balaban J connectivity index is 1.53. The molecule has 0 saturated carbocycles. The fourth-order valence-corrected chi connectivity index (χ4v) is 10.8. The minimum atomic E-state index is -0.731. The van der Waals surface area contributed by atoms with Crippen LogP contribution in [-0.2, 0) is 63.6 Å². The molecule has 0 spiro atoms. The second-order valence-corrected chi connectivity index (χ2v) is 16.9. The summed E-state index contributed by atoms with van der Waals surface area (Å²) in [7, 11) is 0. The van der Waals surface area contributed by atoms with Gasteiger partial charge in [0, 0.05) is 116 Å². The van der Waals surface area contributed by atoms with Crippen molar-refractivity contribution in [1.82, 2.24) is 0 Å². The molecule has 20 heteroatoms. The van der Waals surface area contributed by atoms with Gasteiger partial charge in [0.2, 0.25) is 34.0 Å². The fourth-order valence-electron chi connectivity index (χ4n) is 6.73. The van der Waals surface area contributed by atoms with Crippen LogP contribution < -0.4 is 23.7 Å². The van der Waals surface area contributed by atoms with Gasteiger partial charge in [0.05, 0.1) is 6.61 Å². The second kappa shape index (κ2) is 22.1. The van der Waals surface area contributed by atoms with E-state index in [1.165, 1.54) is 34.0 Å². The molecule has 69 heavy (non-hydrogen) atoms.